The molecule has 1 amide bonds. The van der Waals surface area contributed by atoms with Crippen molar-refractivity contribution >= 4 is 34.3 Å². The zero-order valence-corrected chi connectivity index (χ0v) is 15.7. The van der Waals surface area contributed by atoms with Gasteiger partial charge in [0.2, 0.25) is 0 Å². The van der Waals surface area contributed by atoms with Crippen LogP contribution in [-0.4, -0.2) is 10.9 Å². The molecule has 0 spiro atoms. The molecule has 0 saturated carbocycles. The number of carbonyl (C=O) groups excluding carboxylic acids is 1. The number of rotatable bonds is 6. The predicted octanol–water partition coefficient (Wildman–Crippen LogP) is 5.82. The van der Waals surface area contributed by atoms with Gasteiger partial charge in [-0.25, -0.2) is 0 Å². The lowest BCUT2D eigenvalue weighted by molar-refractivity contribution is 0.102. The highest BCUT2D eigenvalue weighted by molar-refractivity contribution is 6.05. The van der Waals surface area contributed by atoms with Crippen molar-refractivity contribution in [3.05, 3.63) is 109 Å². The number of benzene rings is 3. The van der Waals surface area contributed by atoms with Crippen LogP contribution < -0.4 is 16.0 Å². The van der Waals surface area contributed by atoms with Crippen molar-refractivity contribution in [1.29, 1.82) is 0 Å². The quantitative estimate of drug-likeness (QED) is 0.394. The van der Waals surface area contributed by atoms with E-state index in [1.165, 1.54) is 0 Å². The van der Waals surface area contributed by atoms with Crippen LogP contribution in [0.4, 0.5) is 28.4 Å². The lowest BCUT2D eigenvalue weighted by atomic mass is 10.1. The maximum atomic E-state index is 12.7. The highest BCUT2D eigenvalue weighted by atomic mass is 16.1. The second-order valence-electron chi connectivity index (χ2n) is 6.47. The van der Waals surface area contributed by atoms with Crippen LogP contribution in [0, 0.1) is 0 Å². The second-order valence-corrected chi connectivity index (χ2v) is 6.47. The molecule has 0 aliphatic carbocycles. The molecule has 0 bridgehead atoms. The van der Waals surface area contributed by atoms with Crippen molar-refractivity contribution in [1.82, 2.24) is 4.98 Å². The van der Waals surface area contributed by atoms with E-state index in [2.05, 4.69) is 20.9 Å². The molecular formula is C24H20N4O. The Labute approximate surface area is 169 Å². The van der Waals surface area contributed by atoms with E-state index in [1.54, 1.807) is 18.5 Å². The largest absolute Gasteiger partial charge is 0.355 e. The zero-order chi connectivity index (χ0) is 19.9. The van der Waals surface area contributed by atoms with Gasteiger partial charge in [0, 0.05) is 46.4 Å². The fourth-order valence-electron chi connectivity index (χ4n) is 2.91. The summed E-state index contributed by atoms with van der Waals surface area (Å²) < 4.78 is 0. The molecule has 5 heteroatoms. The van der Waals surface area contributed by atoms with Crippen molar-refractivity contribution in [2.45, 2.75) is 0 Å². The molecule has 5 nitrogen and oxygen atoms in total. The number of pyridine rings is 1. The molecule has 4 rings (SSSR count). The molecule has 3 aromatic carbocycles. The highest BCUT2D eigenvalue weighted by Crippen LogP contribution is 2.21. The van der Waals surface area contributed by atoms with Crippen LogP contribution in [0.25, 0.3) is 0 Å². The summed E-state index contributed by atoms with van der Waals surface area (Å²) in [5.74, 6) is -0.166. The summed E-state index contributed by atoms with van der Waals surface area (Å²) in [4.78, 5) is 16.7. The van der Waals surface area contributed by atoms with E-state index in [0.29, 0.717) is 5.56 Å². The Bertz CT molecular complexity index is 1100. The van der Waals surface area contributed by atoms with Gasteiger partial charge in [0.1, 0.15) is 0 Å². The summed E-state index contributed by atoms with van der Waals surface area (Å²) in [5, 5.41) is 9.56. The van der Waals surface area contributed by atoms with Gasteiger partial charge in [0.05, 0.1) is 0 Å². The molecular weight excluding hydrogens is 360 g/mol. The number of nitrogens with zero attached hydrogens (tertiary/aromatic N) is 1. The van der Waals surface area contributed by atoms with E-state index in [1.807, 2.05) is 84.9 Å². The van der Waals surface area contributed by atoms with E-state index < -0.39 is 0 Å². The first-order valence-corrected chi connectivity index (χ1v) is 9.27. The van der Waals surface area contributed by atoms with Gasteiger partial charge in [0.15, 0.2) is 0 Å². The van der Waals surface area contributed by atoms with Crippen molar-refractivity contribution in [3.63, 3.8) is 0 Å². The van der Waals surface area contributed by atoms with Gasteiger partial charge in [0.25, 0.3) is 5.91 Å². The summed E-state index contributed by atoms with van der Waals surface area (Å²) >= 11 is 0. The first kappa shape index (κ1) is 18.3. The molecule has 0 saturated heterocycles. The summed E-state index contributed by atoms with van der Waals surface area (Å²) in [6, 6.07) is 28.7. The molecule has 0 unspecified atom stereocenters. The van der Waals surface area contributed by atoms with E-state index in [4.69, 9.17) is 0 Å². The Morgan fingerprint density at radius 3 is 1.93 bits per heavy atom. The topological polar surface area (TPSA) is 66.1 Å². The van der Waals surface area contributed by atoms with Crippen LogP contribution >= 0.6 is 0 Å². The number of hydrogen-bond acceptors (Lipinski definition) is 4. The molecule has 1 heterocycles. The fourth-order valence-corrected chi connectivity index (χ4v) is 2.91. The summed E-state index contributed by atoms with van der Waals surface area (Å²) in [6.07, 6.45) is 3.44. The second kappa shape index (κ2) is 8.71. The third-order valence-electron chi connectivity index (χ3n) is 4.28. The van der Waals surface area contributed by atoms with Gasteiger partial charge in [-0.3, -0.25) is 9.78 Å². The first-order chi connectivity index (χ1) is 14.3. The van der Waals surface area contributed by atoms with Crippen molar-refractivity contribution in [3.8, 4) is 0 Å². The Kier molecular flexibility index (Phi) is 5.48. The molecule has 0 aliphatic rings. The first-order valence-electron chi connectivity index (χ1n) is 9.27. The molecule has 142 valence electrons. The van der Waals surface area contributed by atoms with Crippen LogP contribution in [0.3, 0.4) is 0 Å². The molecule has 3 N–H and O–H groups in total. The normalized spacial score (nSPS) is 10.2. The van der Waals surface area contributed by atoms with Crippen LogP contribution in [0.5, 0.6) is 0 Å². The Balaban J connectivity index is 1.45. The van der Waals surface area contributed by atoms with Crippen LogP contribution in [0.1, 0.15) is 10.4 Å². The molecule has 0 radical (unpaired) electrons. The predicted molar refractivity (Wildman–Crippen MR) is 118 cm³/mol. The molecule has 29 heavy (non-hydrogen) atoms. The Morgan fingerprint density at radius 1 is 0.586 bits per heavy atom. The van der Waals surface area contributed by atoms with Crippen LogP contribution in [0.2, 0.25) is 0 Å². The van der Waals surface area contributed by atoms with Crippen molar-refractivity contribution in [2.75, 3.05) is 16.0 Å². The number of amides is 1. The molecule has 1 aromatic heterocycles. The average Bonchev–Trinajstić information content (AvgIpc) is 2.76. The van der Waals surface area contributed by atoms with E-state index in [-0.39, 0.29) is 5.91 Å². The monoisotopic (exact) mass is 380 g/mol. The lowest BCUT2D eigenvalue weighted by Crippen LogP contribution is -2.12. The van der Waals surface area contributed by atoms with Gasteiger partial charge in [-0.1, -0.05) is 30.3 Å². The summed E-state index contributed by atoms with van der Waals surface area (Å²) in [5.41, 5.74) is 4.95. The lowest BCUT2D eigenvalue weighted by Gasteiger charge is -2.11. The molecule has 0 aliphatic heterocycles. The highest BCUT2D eigenvalue weighted by Gasteiger charge is 2.08. The van der Waals surface area contributed by atoms with Crippen LogP contribution in [-0.2, 0) is 0 Å². The number of aromatic nitrogens is 1. The number of nitrogens with one attached hydrogen (secondary N) is 3. The van der Waals surface area contributed by atoms with Gasteiger partial charge < -0.3 is 16.0 Å². The number of carbonyl (C=O) groups is 1. The third kappa shape index (κ3) is 4.99. The van der Waals surface area contributed by atoms with Gasteiger partial charge in [-0.05, 0) is 60.7 Å². The molecule has 4 aromatic rings. The SMILES string of the molecule is O=C(Nc1cccc(Nc2ccccc2)c1)c1cccc(Nc2ccncc2)c1. The van der Waals surface area contributed by atoms with Crippen molar-refractivity contribution in [2.24, 2.45) is 0 Å². The number of anilines is 5. The Hall–Kier alpha value is -4.12. The summed E-state index contributed by atoms with van der Waals surface area (Å²) in [7, 11) is 0. The van der Waals surface area contributed by atoms with Gasteiger partial charge >= 0.3 is 0 Å². The smallest absolute Gasteiger partial charge is 0.255 e. The maximum Gasteiger partial charge on any atom is 0.255 e. The number of hydrogen-bond donors (Lipinski definition) is 3. The minimum Gasteiger partial charge on any atom is -0.355 e. The molecule has 0 atom stereocenters. The van der Waals surface area contributed by atoms with E-state index >= 15 is 0 Å². The zero-order valence-electron chi connectivity index (χ0n) is 15.7. The Morgan fingerprint density at radius 2 is 1.17 bits per heavy atom. The van der Waals surface area contributed by atoms with Crippen LogP contribution in [0.15, 0.2) is 103 Å². The molecule has 0 fully saturated rings. The van der Waals surface area contributed by atoms with E-state index in [0.717, 1.165) is 28.4 Å². The minimum absolute atomic E-state index is 0.166. The van der Waals surface area contributed by atoms with Crippen molar-refractivity contribution < 1.29 is 4.79 Å². The number of para-hydroxylation sites is 1. The standard InChI is InChI=1S/C24H20N4O/c29-24(18-6-4-9-21(16-18)27-20-12-14-25-15-13-20)28-23-11-5-10-22(17-23)26-19-7-2-1-3-8-19/h1-17,26H,(H,25,27)(H,28,29). The van der Waals surface area contributed by atoms with E-state index in [9.17, 15) is 4.79 Å². The fraction of sp³-hybridized carbons (Fsp3) is 0. The maximum absolute atomic E-state index is 12.7. The van der Waals surface area contributed by atoms with Gasteiger partial charge in [-0.2, -0.15) is 0 Å². The summed E-state index contributed by atoms with van der Waals surface area (Å²) in [6.45, 7) is 0. The van der Waals surface area contributed by atoms with Gasteiger partial charge in [-0.15, -0.1) is 0 Å². The average molecular weight is 380 g/mol. The third-order valence-corrected chi connectivity index (χ3v) is 4.28. The minimum atomic E-state index is -0.166.